The number of rotatable bonds is 4. The summed E-state index contributed by atoms with van der Waals surface area (Å²) in [7, 11) is 0. The second-order valence-electron chi connectivity index (χ2n) is 6.31. The first kappa shape index (κ1) is 16.1. The van der Waals surface area contributed by atoms with Crippen molar-refractivity contribution in [2.24, 2.45) is 0 Å². The van der Waals surface area contributed by atoms with Crippen molar-refractivity contribution >= 4 is 15.9 Å². The molecule has 0 aliphatic rings. The molecule has 21 heavy (non-hydrogen) atoms. The molecule has 2 heteroatoms. The average molecular weight is 347 g/mol. The van der Waals surface area contributed by atoms with Gasteiger partial charge in [0.1, 0.15) is 12.4 Å². The van der Waals surface area contributed by atoms with Crippen LogP contribution in [0.2, 0.25) is 0 Å². The van der Waals surface area contributed by atoms with Gasteiger partial charge in [-0.25, -0.2) is 0 Å². The number of aryl methyl sites for hydroxylation is 1. The molecule has 112 valence electrons. The van der Waals surface area contributed by atoms with Crippen LogP contribution in [-0.2, 0) is 18.4 Å². The SMILES string of the molecule is CCc1ccc(OCc2ccccc2Br)c(C(C)(C)C)c1. The zero-order chi connectivity index (χ0) is 15.5. The van der Waals surface area contributed by atoms with Gasteiger partial charge in [-0.1, -0.05) is 74.0 Å². The lowest BCUT2D eigenvalue weighted by Crippen LogP contribution is -2.14. The van der Waals surface area contributed by atoms with Gasteiger partial charge in [0.25, 0.3) is 0 Å². The molecule has 0 amide bonds. The molecule has 1 nitrogen and oxygen atoms in total. The molecular formula is C19H23BrO. The third-order valence-electron chi connectivity index (χ3n) is 3.60. The second kappa shape index (κ2) is 6.65. The highest BCUT2D eigenvalue weighted by atomic mass is 79.9. The quantitative estimate of drug-likeness (QED) is 0.670. The highest BCUT2D eigenvalue weighted by Crippen LogP contribution is 2.33. The molecule has 0 unspecified atom stereocenters. The Labute approximate surface area is 136 Å². The molecule has 0 aromatic heterocycles. The number of halogens is 1. The van der Waals surface area contributed by atoms with Crippen molar-refractivity contribution in [1.82, 2.24) is 0 Å². The van der Waals surface area contributed by atoms with Crippen molar-refractivity contribution in [3.8, 4) is 5.75 Å². The Morgan fingerprint density at radius 3 is 2.38 bits per heavy atom. The molecular weight excluding hydrogens is 324 g/mol. The fourth-order valence-electron chi connectivity index (χ4n) is 2.28. The van der Waals surface area contributed by atoms with Crippen LogP contribution in [0.4, 0.5) is 0 Å². The van der Waals surface area contributed by atoms with E-state index in [1.165, 1.54) is 11.1 Å². The molecule has 0 saturated carbocycles. The first-order valence-corrected chi connectivity index (χ1v) is 8.20. The Morgan fingerprint density at radius 1 is 1.05 bits per heavy atom. The third kappa shape index (κ3) is 4.10. The van der Waals surface area contributed by atoms with E-state index in [0.717, 1.165) is 22.2 Å². The van der Waals surface area contributed by atoms with Crippen LogP contribution in [0, 0.1) is 0 Å². The Hall–Kier alpha value is -1.28. The Kier molecular flexibility index (Phi) is 5.10. The van der Waals surface area contributed by atoms with Crippen molar-refractivity contribution in [2.75, 3.05) is 0 Å². The molecule has 2 aromatic carbocycles. The Morgan fingerprint density at radius 2 is 1.76 bits per heavy atom. The predicted molar refractivity (Wildman–Crippen MR) is 93.0 cm³/mol. The van der Waals surface area contributed by atoms with Gasteiger partial charge in [0.05, 0.1) is 0 Å². The summed E-state index contributed by atoms with van der Waals surface area (Å²) in [4.78, 5) is 0. The van der Waals surface area contributed by atoms with Crippen molar-refractivity contribution in [2.45, 2.75) is 46.1 Å². The summed E-state index contributed by atoms with van der Waals surface area (Å²) in [6, 6.07) is 14.7. The van der Waals surface area contributed by atoms with Crippen molar-refractivity contribution < 1.29 is 4.74 Å². The smallest absolute Gasteiger partial charge is 0.123 e. The van der Waals surface area contributed by atoms with Crippen LogP contribution in [0.3, 0.4) is 0 Å². The van der Waals surface area contributed by atoms with Gasteiger partial charge in [-0.05, 0) is 35.1 Å². The first-order chi connectivity index (χ1) is 9.91. The summed E-state index contributed by atoms with van der Waals surface area (Å²) < 4.78 is 7.19. The summed E-state index contributed by atoms with van der Waals surface area (Å²) in [5, 5.41) is 0. The zero-order valence-electron chi connectivity index (χ0n) is 13.2. The predicted octanol–water partition coefficient (Wildman–Crippen LogP) is 5.89. The summed E-state index contributed by atoms with van der Waals surface area (Å²) in [6.45, 7) is 9.45. The van der Waals surface area contributed by atoms with Gasteiger partial charge in [0.15, 0.2) is 0 Å². The van der Waals surface area contributed by atoms with Crippen LogP contribution in [0.5, 0.6) is 5.75 Å². The van der Waals surface area contributed by atoms with Crippen LogP contribution in [0.25, 0.3) is 0 Å². The fraction of sp³-hybridized carbons (Fsp3) is 0.368. The van der Waals surface area contributed by atoms with Gasteiger partial charge in [-0.2, -0.15) is 0 Å². The zero-order valence-corrected chi connectivity index (χ0v) is 14.8. The molecule has 0 heterocycles. The monoisotopic (exact) mass is 346 g/mol. The van der Waals surface area contributed by atoms with Crippen molar-refractivity contribution in [3.63, 3.8) is 0 Å². The lowest BCUT2D eigenvalue weighted by molar-refractivity contribution is 0.297. The molecule has 0 aliphatic heterocycles. The highest BCUT2D eigenvalue weighted by molar-refractivity contribution is 9.10. The molecule has 2 rings (SSSR count). The van der Waals surface area contributed by atoms with E-state index in [1.807, 2.05) is 18.2 Å². The molecule has 2 aromatic rings. The summed E-state index contributed by atoms with van der Waals surface area (Å²) in [5.74, 6) is 0.982. The third-order valence-corrected chi connectivity index (χ3v) is 4.37. The molecule has 0 saturated heterocycles. The number of hydrogen-bond donors (Lipinski definition) is 0. The molecule has 0 fully saturated rings. The largest absolute Gasteiger partial charge is 0.489 e. The van der Waals surface area contributed by atoms with Gasteiger partial charge < -0.3 is 4.74 Å². The van der Waals surface area contributed by atoms with Crippen molar-refractivity contribution in [3.05, 3.63) is 63.6 Å². The van der Waals surface area contributed by atoms with Gasteiger partial charge in [-0.15, -0.1) is 0 Å². The summed E-state index contributed by atoms with van der Waals surface area (Å²) >= 11 is 3.57. The van der Waals surface area contributed by atoms with E-state index in [-0.39, 0.29) is 5.41 Å². The van der Waals surface area contributed by atoms with Crippen LogP contribution in [0.15, 0.2) is 46.9 Å². The highest BCUT2D eigenvalue weighted by Gasteiger charge is 2.19. The molecule has 0 spiro atoms. The van der Waals surface area contributed by atoms with E-state index < -0.39 is 0 Å². The Bertz CT molecular complexity index is 611. The van der Waals surface area contributed by atoms with Gasteiger partial charge in [-0.3, -0.25) is 0 Å². The van der Waals surface area contributed by atoms with Crippen LogP contribution < -0.4 is 4.74 Å². The van der Waals surface area contributed by atoms with E-state index >= 15 is 0 Å². The average Bonchev–Trinajstić information content (AvgIpc) is 2.45. The maximum absolute atomic E-state index is 6.10. The lowest BCUT2D eigenvalue weighted by atomic mass is 9.85. The molecule has 0 atom stereocenters. The molecule has 0 aliphatic carbocycles. The maximum atomic E-state index is 6.10. The fourth-order valence-corrected chi connectivity index (χ4v) is 2.68. The van der Waals surface area contributed by atoms with E-state index in [1.54, 1.807) is 0 Å². The van der Waals surface area contributed by atoms with E-state index in [0.29, 0.717) is 6.61 Å². The second-order valence-corrected chi connectivity index (χ2v) is 7.17. The van der Waals surface area contributed by atoms with Gasteiger partial charge >= 0.3 is 0 Å². The molecule has 0 radical (unpaired) electrons. The normalized spacial score (nSPS) is 11.5. The Balaban J connectivity index is 2.26. The van der Waals surface area contributed by atoms with Crippen molar-refractivity contribution in [1.29, 1.82) is 0 Å². The molecule has 0 bridgehead atoms. The number of hydrogen-bond acceptors (Lipinski definition) is 1. The summed E-state index contributed by atoms with van der Waals surface area (Å²) in [6.07, 6.45) is 1.05. The maximum Gasteiger partial charge on any atom is 0.123 e. The van der Waals surface area contributed by atoms with Gasteiger partial charge in [0.2, 0.25) is 0 Å². The van der Waals surface area contributed by atoms with Crippen LogP contribution in [-0.4, -0.2) is 0 Å². The lowest BCUT2D eigenvalue weighted by Gasteiger charge is -2.24. The standard InChI is InChI=1S/C19H23BrO/c1-5-14-10-11-18(16(12-14)19(2,3)4)21-13-15-8-6-7-9-17(15)20/h6-12H,5,13H2,1-4H3. The minimum absolute atomic E-state index is 0.0778. The summed E-state index contributed by atoms with van der Waals surface area (Å²) in [5.41, 5.74) is 3.87. The van der Waals surface area contributed by atoms with E-state index in [2.05, 4.69) is 67.9 Å². The van der Waals surface area contributed by atoms with E-state index in [9.17, 15) is 0 Å². The molecule has 0 N–H and O–H groups in total. The van der Waals surface area contributed by atoms with Crippen LogP contribution >= 0.6 is 15.9 Å². The van der Waals surface area contributed by atoms with Gasteiger partial charge in [0, 0.05) is 10.0 Å². The number of benzene rings is 2. The van der Waals surface area contributed by atoms with E-state index in [4.69, 9.17) is 4.74 Å². The first-order valence-electron chi connectivity index (χ1n) is 7.41. The minimum atomic E-state index is 0.0778. The number of ether oxygens (including phenoxy) is 1. The topological polar surface area (TPSA) is 9.23 Å². The minimum Gasteiger partial charge on any atom is -0.489 e. The van der Waals surface area contributed by atoms with Crippen LogP contribution in [0.1, 0.15) is 44.4 Å².